The Kier molecular flexibility index (Phi) is 3.84. The lowest BCUT2D eigenvalue weighted by Gasteiger charge is -2.26. The molecule has 0 radical (unpaired) electrons. The van der Waals surface area contributed by atoms with Gasteiger partial charge in [-0.05, 0) is 27.7 Å². The zero-order valence-corrected chi connectivity index (χ0v) is 11.8. The number of carbonyl (C=O) groups is 3. The molecule has 5 heteroatoms. The van der Waals surface area contributed by atoms with E-state index in [0.29, 0.717) is 0 Å². The molecule has 0 spiro atoms. The predicted octanol–water partition coefficient (Wildman–Crippen LogP) is 1.36. The van der Waals surface area contributed by atoms with Crippen LogP contribution in [0.15, 0.2) is 0 Å². The number of imide groups is 1. The van der Waals surface area contributed by atoms with Gasteiger partial charge >= 0.3 is 5.97 Å². The van der Waals surface area contributed by atoms with Crippen molar-refractivity contribution in [2.75, 3.05) is 0 Å². The molecule has 0 aliphatic carbocycles. The smallest absolute Gasteiger partial charge is 0.329 e. The highest BCUT2D eigenvalue weighted by molar-refractivity contribution is 6.07. The number of hydrogen-bond acceptors (Lipinski definition) is 4. The summed E-state index contributed by atoms with van der Waals surface area (Å²) >= 11 is 0. The minimum atomic E-state index is -0.864. The van der Waals surface area contributed by atoms with Crippen LogP contribution in [-0.2, 0) is 19.1 Å². The minimum Gasteiger partial charge on any atom is -0.458 e. The van der Waals surface area contributed by atoms with Gasteiger partial charge in [-0.3, -0.25) is 14.5 Å². The maximum Gasteiger partial charge on any atom is 0.329 e. The van der Waals surface area contributed by atoms with Crippen LogP contribution in [0.25, 0.3) is 0 Å². The Morgan fingerprint density at radius 1 is 1.17 bits per heavy atom. The molecule has 0 saturated carbocycles. The van der Waals surface area contributed by atoms with Crippen LogP contribution in [0.5, 0.6) is 0 Å². The van der Waals surface area contributed by atoms with Crippen molar-refractivity contribution in [3.05, 3.63) is 0 Å². The SMILES string of the molecule is CC1C(=O)N(C(C)C(=O)OC(C)(C)C)C(=O)C1C. The van der Waals surface area contributed by atoms with E-state index in [2.05, 4.69) is 0 Å². The average Bonchev–Trinajstić information content (AvgIpc) is 2.40. The van der Waals surface area contributed by atoms with Crippen molar-refractivity contribution in [1.82, 2.24) is 4.90 Å². The van der Waals surface area contributed by atoms with Gasteiger partial charge in [0.05, 0.1) is 0 Å². The van der Waals surface area contributed by atoms with E-state index in [9.17, 15) is 14.4 Å². The molecular formula is C13H21NO4. The molecule has 1 fully saturated rings. The number of esters is 1. The van der Waals surface area contributed by atoms with Gasteiger partial charge in [-0.2, -0.15) is 0 Å². The highest BCUT2D eigenvalue weighted by Crippen LogP contribution is 2.27. The van der Waals surface area contributed by atoms with Crippen molar-refractivity contribution in [3.8, 4) is 0 Å². The maximum atomic E-state index is 11.9. The first-order valence-corrected chi connectivity index (χ1v) is 6.16. The fourth-order valence-corrected chi connectivity index (χ4v) is 1.85. The summed E-state index contributed by atoms with van der Waals surface area (Å²) < 4.78 is 5.19. The number of amides is 2. The zero-order chi connectivity index (χ0) is 14.2. The van der Waals surface area contributed by atoms with E-state index in [1.54, 1.807) is 34.6 Å². The Hall–Kier alpha value is -1.39. The minimum absolute atomic E-state index is 0.300. The fraction of sp³-hybridized carbons (Fsp3) is 0.769. The van der Waals surface area contributed by atoms with Gasteiger partial charge in [0.1, 0.15) is 11.6 Å². The normalized spacial score (nSPS) is 26.4. The molecule has 3 unspecified atom stereocenters. The van der Waals surface area contributed by atoms with Gasteiger partial charge in [0.2, 0.25) is 11.8 Å². The van der Waals surface area contributed by atoms with Crippen LogP contribution in [0.4, 0.5) is 0 Å². The summed E-state index contributed by atoms with van der Waals surface area (Å²) in [4.78, 5) is 36.8. The number of rotatable bonds is 2. The van der Waals surface area contributed by atoms with Crippen molar-refractivity contribution in [2.24, 2.45) is 11.8 Å². The van der Waals surface area contributed by atoms with Crippen molar-refractivity contribution in [2.45, 2.75) is 53.2 Å². The average molecular weight is 255 g/mol. The maximum absolute atomic E-state index is 11.9. The number of likely N-dealkylation sites (tertiary alicyclic amines) is 1. The summed E-state index contributed by atoms with van der Waals surface area (Å²) in [7, 11) is 0. The van der Waals surface area contributed by atoms with Crippen LogP contribution in [0.2, 0.25) is 0 Å². The lowest BCUT2D eigenvalue weighted by molar-refractivity contribution is -0.166. The van der Waals surface area contributed by atoms with Crippen LogP contribution in [0, 0.1) is 11.8 Å². The summed E-state index contributed by atoms with van der Waals surface area (Å²) in [5.41, 5.74) is -0.631. The second-order valence-corrected chi connectivity index (χ2v) is 5.83. The first kappa shape index (κ1) is 14.7. The summed E-state index contributed by atoms with van der Waals surface area (Å²) in [6.07, 6.45) is 0. The monoisotopic (exact) mass is 255 g/mol. The predicted molar refractivity (Wildman–Crippen MR) is 65.5 cm³/mol. The molecular weight excluding hydrogens is 234 g/mol. The molecule has 0 aromatic rings. The molecule has 1 rings (SSSR count). The van der Waals surface area contributed by atoms with Crippen LogP contribution in [-0.4, -0.2) is 34.3 Å². The second-order valence-electron chi connectivity index (χ2n) is 5.83. The highest BCUT2D eigenvalue weighted by atomic mass is 16.6. The van der Waals surface area contributed by atoms with Crippen LogP contribution in [0.1, 0.15) is 41.5 Å². The van der Waals surface area contributed by atoms with E-state index in [1.165, 1.54) is 6.92 Å². The van der Waals surface area contributed by atoms with Crippen LogP contribution >= 0.6 is 0 Å². The van der Waals surface area contributed by atoms with E-state index in [1.807, 2.05) is 0 Å². The Balaban J connectivity index is 2.85. The Morgan fingerprint density at radius 2 is 1.56 bits per heavy atom. The molecule has 1 heterocycles. The summed E-state index contributed by atoms with van der Waals surface area (Å²) in [6.45, 7) is 10.2. The molecule has 102 valence electrons. The third-order valence-corrected chi connectivity index (χ3v) is 3.14. The number of ether oxygens (including phenoxy) is 1. The van der Waals surface area contributed by atoms with Crippen molar-refractivity contribution in [3.63, 3.8) is 0 Å². The van der Waals surface area contributed by atoms with Gasteiger partial charge in [-0.25, -0.2) is 4.79 Å². The van der Waals surface area contributed by atoms with E-state index < -0.39 is 17.6 Å². The molecule has 18 heavy (non-hydrogen) atoms. The largest absolute Gasteiger partial charge is 0.458 e. The second kappa shape index (κ2) is 4.71. The van der Waals surface area contributed by atoms with E-state index >= 15 is 0 Å². The molecule has 1 aliphatic rings. The number of hydrogen-bond donors (Lipinski definition) is 0. The highest BCUT2D eigenvalue weighted by Gasteiger charge is 2.46. The quantitative estimate of drug-likeness (QED) is 0.552. The molecule has 3 atom stereocenters. The topological polar surface area (TPSA) is 63.7 Å². The molecule has 0 N–H and O–H groups in total. The Labute approximate surface area is 107 Å². The van der Waals surface area contributed by atoms with Crippen molar-refractivity contribution < 1.29 is 19.1 Å². The number of nitrogens with zero attached hydrogens (tertiary/aromatic N) is 1. The third-order valence-electron chi connectivity index (χ3n) is 3.14. The molecule has 0 aromatic carbocycles. The molecule has 0 aromatic heterocycles. The van der Waals surface area contributed by atoms with Crippen molar-refractivity contribution >= 4 is 17.8 Å². The van der Waals surface area contributed by atoms with Crippen LogP contribution < -0.4 is 0 Å². The molecule has 0 bridgehead atoms. The summed E-state index contributed by atoms with van der Waals surface area (Å²) in [5.74, 6) is -1.90. The van der Waals surface area contributed by atoms with Gasteiger partial charge in [-0.1, -0.05) is 13.8 Å². The zero-order valence-electron chi connectivity index (χ0n) is 11.8. The van der Waals surface area contributed by atoms with Crippen LogP contribution in [0.3, 0.4) is 0 Å². The third kappa shape index (κ3) is 2.71. The van der Waals surface area contributed by atoms with Gasteiger partial charge in [0.25, 0.3) is 0 Å². The fourth-order valence-electron chi connectivity index (χ4n) is 1.85. The first-order valence-electron chi connectivity index (χ1n) is 6.16. The van der Waals surface area contributed by atoms with Gasteiger partial charge in [-0.15, -0.1) is 0 Å². The number of carbonyl (C=O) groups excluding carboxylic acids is 3. The lowest BCUT2D eigenvalue weighted by atomic mass is 10.00. The standard InChI is InChI=1S/C13H21NO4/c1-7-8(2)11(16)14(10(7)15)9(3)12(17)18-13(4,5)6/h7-9H,1-6H3. The molecule has 5 nitrogen and oxygen atoms in total. The summed E-state index contributed by atoms with van der Waals surface area (Å²) in [5, 5.41) is 0. The summed E-state index contributed by atoms with van der Waals surface area (Å²) in [6, 6.07) is -0.864. The first-order chi connectivity index (χ1) is 8.06. The van der Waals surface area contributed by atoms with Gasteiger partial charge < -0.3 is 4.74 Å². The Bertz CT molecular complexity index is 363. The van der Waals surface area contributed by atoms with E-state index in [0.717, 1.165) is 4.90 Å². The van der Waals surface area contributed by atoms with E-state index in [-0.39, 0.29) is 23.7 Å². The van der Waals surface area contributed by atoms with Gasteiger partial charge in [0.15, 0.2) is 0 Å². The molecule has 2 amide bonds. The lowest BCUT2D eigenvalue weighted by Crippen LogP contribution is -2.46. The van der Waals surface area contributed by atoms with Gasteiger partial charge in [0, 0.05) is 11.8 Å². The molecule has 1 aliphatic heterocycles. The Morgan fingerprint density at radius 3 is 1.89 bits per heavy atom. The van der Waals surface area contributed by atoms with Crippen molar-refractivity contribution in [1.29, 1.82) is 0 Å². The molecule has 1 saturated heterocycles. The van der Waals surface area contributed by atoms with E-state index in [4.69, 9.17) is 4.74 Å².